The molecule has 14 heavy (non-hydrogen) atoms. The highest BCUT2D eigenvalue weighted by Gasteiger charge is 2.16. The SMILES string of the molecule is CCC(C)N(C)C(CN)CCCSC. The zero-order chi connectivity index (χ0) is 11.0. The molecule has 2 atom stereocenters. The highest BCUT2D eigenvalue weighted by atomic mass is 32.2. The average Bonchev–Trinajstić information content (AvgIpc) is 2.22. The fourth-order valence-corrected chi connectivity index (χ4v) is 2.05. The summed E-state index contributed by atoms with van der Waals surface area (Å²) in [7, 11) is 2.20. The Hall–Kier alpha value is 0.270. The van der Waals surface area contributed by atoms with Crippen LogP contribution >= 0.6 is 11.8 Å². The minimum absolute atomic E-state index is 0.567. The molecule has 0 radical (unpaired) electrons. The molecule has 0 saturated carbocycles. The molecule has 2 unspecified atom stereocenters. The zero-order valence-corrected chi connectivity index (χ0v) is 10.9. The second-order valence-electron chi connectivity index (χ2n) is 3.95. The summed E-state index contributed by atoms with van der Waals surface area (Å²) < 4.78 is 0. The van der Waals surface area contributed by atoms with E-state index in [0.29, 0.717) is 12.1 Å². The Balaban J connectivity index is 3.85. The van der Waals surface area contributed by atoms with Crippen LogP contribution in [0.25, 0.3) is 0 Å². The Labute approximate surface area is 93.6 Å². The molecular formula is C11H26N2S. The van der Waals surface area contributed by atoms with Crippen LogP contribution in [-0.2, 0) is 0 Å². The fraction of sp³-hybridized carbons (Fsp3) is 1.00. The van der Waals surface area contributed by atoms with Crippen molar-refractivity contribution in [3.8, 4) is 0 Å². The molecule has 3 heteroatoms. The van der Waals surface area contributed by atoms with Gasteiger partial charge in [0.1, 0.15) is 0 Å². The van der Waals surface area contributed by atoms with Crippen molar-refractivity contribution in [2.45, 2.75) is 45.2 Å². The van der Waals surface area contributed by atoms with Gasteiger partial charge in [0.2, 0.25) is 0 Å². The smallest absolute Gasteiger partial charge is 0.0218 e. The third kappa shape index (κ3) is 5.23. The van der Waals surface area contributed by atoms with Crippen LogP contribution in [0.15, 0.2) is 0 Å². The van der Waals surface area contributed by atoms with Crippen LogP contribution in [0.4, 0.5) is 0 Å². The molecule has 0 aliphatic rings. The third-order valence-electron chi connectivity index (χ3n) is 3.02. The number of hydrogen-bond donors (Lipinski definition) is 1. The van der Waals surface area contributed by atoms with Crippen molar-refractivity contribution >= 4 is 11.8 Å². The van der Waals surface area contributed by atoms with Gasteiger partial charge in [-0.15, -0.1) is 0 Å². The minimum Gasteiger partial charge on any atom is -0.329 e. The van der Waals surface area contributed by atoms with Crippen molar-refractivity contribution in [2.24, 2.45) is 5.73 Å². The van der Waals surface area contributed by atoms with Crippen molar-refractivity contribution in [1.29, 1.82) is 0 Å². The summed E-state index contributed by atoms with van der Waals surface area (Å²) in [6, 6.07) is 1.22. The van der Waals surface area contributed by atoms with Gasteiger partial charge in [0.15, 0.2) is 0 Å². The molecule has 0 heterocycles. The summed E-state index contributed by atoms with van der Waals surface area (Å²) in [4.78, 5) is 2.43. The summed E-state index contributed by atoms with van der Waals surface area (Å²) in [6.45, 7) is 5.29. The molecule has 0 aromatic rings. The molecule has 2 N–H and O–H groups in total. The van der Waals surface area contributed by atoms with E-state index in [-0.39, 0.29) is 0 Å². The summed E-state index contributed by atoms with van der Waals surface area (Å²) >= 11 is 1.92. The molecular weight excluding hydrogens is 192 g/mol. The van der Waals surface area contributed by atoms with Crippen LogP contribution in [0, 0.1) is 0 Å². The molecule has 0 bridgehead atoms. The van der Waals surface area contributed by atoms with E-state index in [2.05, 4.69) is 32.1 Å². The lowest BCUT2D eigenvalue weighted by Crippen LogP contribution is -2.42. The van der Waals surface area contributed by atoms with Crippen LogP contribution in [0.2, 0.25) is 0 Å². The summed E-state index contributed by atoms with van der Waals surface area (Å²) in [5, 5.41) is 0. The topological polar surface area (TPSA) is 29.3 Å². The first-order chi connectivity index (χ1) is 6.67. The highest BCUT2D eigenvalue weighted by Crippen LogP contribution is 2.11. The van der Waals surface area contributed by atoms with Crippen molar-refractivity contribution in [3.05, 3.63) is 0 Å². The lowest BCUT2D eigenvalue weighted by Gasteiger charge is -2.32. The Kier molecular flexibility index (Phi) is 8.73. The number of likely N-dealkylation sites (N-methyl/N-ethyl adjacent to an activating group) is 1. The van der Waals surface area contributed by atoms with Gasteiger partial charge in [0.25, 0.3) is 0 Å². The van der Waals surface area contributed by atoms with Crippen LogP contribution in [-0.4, -0.2) is 42.6 Å². The third-order valence-corrected chi connectivity index (χ3v) is 3.72. The van der Waals surface area contributed by atoms with Gasteiger partial charge in [0, 0.05) is 18.6 Å². The van der Waals surface area contributed by atoms with Crippen molar-refractivity contribution in [1.82, 2.24) is 4.90 Å². The molecule has 0 fully saturated rings. The van der Waals surface area contributed by atoms with Crippen molar-refractivity contribution in [3.63, 3.8) is 0 Å². The van der Waals surface area contributed by atoms with Gasteiger partial charge in [-0.25, -0.2) is 0 Å². The predicted octanol–water partition coefficient (Wildman–Crippen LogP) is 2.19. The van der Waals surface area contributed by atoms with Gasteiger partial charge in [0.05, 0.1) is 0 Å². The maximum absolute atomic E-state index is 5.80. The molecule has 0 amide bonds. The molecule has 0 aliphatic carbocycles. The van der Waals surface area contributed by atoms with Crippen LogP contribution < -0.4 is 5.73 Å². The molecule has 86 valence electrons. The van der Waals surface area contributed by atoms with Gasteiger partial charge >= 0.3 is 0 Å². The normalized spacial score (nSPS) is 15.9. The van der Waals surface area contributed by atoms with E-state index in [1.807, 2.05) is 11.8 Å². The average molecular weight is 218 g/mol. The second kappa shape index (κ2) is 8.57. The fourth-order valence-electron chi connectivity index (χ4n) is 1.60. The molecule has 0 rings (SSSR count). The molecule has 0 aliphatic heterocycles. The first-order valence-electron chi connectivity index (χ1n) is 5.58. The lowest BCUT2D eigenvalue weighted by molar-refractivity contribution is 0.174. The molecule has 0 saturated heterocycles. The van der Waals surface area contributed by atoms with E-state index < -0.39 is 0 Å². The van der Waals surface area contributed by atoms with E-state index in [0.717, 1.165) is 6.54 Å². The molecule has 0 aromatic heterocycles. The minimum atomic E-state index is 0.567. The molecule has 0 aromatic carbocycles. The van der Waals surface area contributed by atoms with Crippen LogP contribution in [0.1, 0.15) is 33.1 Å². The Morgan fingerprint density at radius 3 is 2.50 bits per heavy atom. The predicted molar refractivity (Wildman–Crippen MR) is 68.0 cm³/mol. The maximum Gasteiger partial charge on any atom is 0.0218 e. The highest BCUT2D eigenvalue weighted by molar-refractivity contribution is 7.98. The Morgan fingerprint density at radius 2 is 2.07 bits per heavy atom. The van der Waals surface area contributed by atoms with E-state index in [1.54, 1.807) is 0 Å². The summed E-state index contributed by atoms with van der Waals surface area (Å²) in [5.74, 6) is 1.25. The standard InChI is InChI=1S/C11H26N2S/c1-5-10(2)13(3)11(9-12)7-6-8-14-4/h10-11H,5-9,12H2,1-4H3. The van der Waals surface area contributed by atoms with Crippen molar-refractivity contribution in [2.75, 3.05) is 25.6 Å². The number of nitrogens with zero attached hydrogens (tertiary/aromatic N) is 1. The lowest BCUT2D eigenvalue weighted by atomic mass is 10.1. The monoisotopic (exact) mass is 218 g/mol. The Bertz CT molecular complexity index is 130. The number of nitrogens with two attached hydrogens (primary N) is 1. The number of thioether (sulfide) groups is 1. The van der Waals surface area contributed by atoms with E-state index in [4.69, 9.17) is 5.73 Å². The maximum atomic E-state index is 5.80. The largest absolute Gasteiger partial charge is 0.329 e. The van der Waals surface area contributed by atoms with E-state index in [1.165, 1.54) is 25.0 Å². The zero-order valence-electron chi connectivity index (χ0n) is 10.1. The van der Waals surface area contributed by atoms with Gasteiger partial charge < -0.3 is 5.73 Å². The van der Waals surface area contributed by atoms with Gasteiger partial charge in [-0.1, -0.05) is 6.92 Å². The quantitative estimate of drug-likeness (QED) is 0.633. The molecule has 2 nitrogen and oxygen atoms in total. The van der Waals surface area contributed by atoms with Crippen molar-refractivity contribution < 1.29 is 0 Å². The van der Waals surface area contributed by atoms with Crippen LogP contribution in [0.5, 0.6) is 0 Å². The number of rotatable bonds is 8. The number of hydrogen-bond acceptors (Lipinski definition) is 3. The first-order valence-corrected chi connectivity index (χ1v) is 6.97. The summed E-state index contributed by atoms with van der Waals surface area (Å²) in [5.41, 5.74) is 5.80. The van der Waals surface area contributed by atoms with Gasteiger partial charge in [-0.2, -0.15) is 11.8 Å². The van der Waals surface area contributed by atoms with E-state index in [9.17, 15) is 0 Å². The summed E-state index contributed by atoms with van der Waals surface area (Å²) in [6.07, 6.45) is 5.88. The van der Waals surface area contributed by atoms with Gasteiger partial charge in [-0.3, -0.25) is 4.90 Å². The second-order valence-corrected chi connectivity index (χ2v) is 4.93. The van der Waals surface area contributed by atoms with E-state index >= 15 is 0 Å². The molecule has 0 spiro atoms. The van der Waals surface area contributed by atoms with Crippen LogP contribution in [0.3, 0.4) is 0 Å². The first kappa shape index (κ1) is 14.3. The Morgan fingerprint density at radius 1 is 1.43 bits per heavy atom. The van der Waals surface area contributed by atoms with Gasteiger partial charge in [-0.05, 0) is 45.2 Å².